The third kappa shape index (κ3) is 8.82. The summed E-state index contributed by atoms with van der Waals surface area (Å²) in [5.41, 5.74) is 1.05. The third-order valence-electron chi connectivity index (χ3n) is 4.11. The van der Waals surface area contributed by atoms with Crippen LogP contribution < -0.4 is 4.74 Å². The van der Waals surface area contributed by atoms with Gasteiger partial charge in [-0.05, 0) is 47.4 Å². The topological polar surface area (TPSA) is 134 Å². The van der Waals surface area contributed by atoms with Crippen LogP contribution in [-0.4, -0.2) is 33.8 Å². The van der Waals surface area contributed by atoms with Crippen LogP contribution in [0.15, 0.2) is 36.4 Å². The van der Waals surface area contributed by atoms with Gasteiger partial charge in [0.1, 0.15) is 5.75 Å². The first kappa shape index (κ1) is 25.5. The molecule has 0 heterocycles. The number of methoxy groups -OCH3 is 2. The molecule has 0 aromatic heterocycles. The molecule has 0 aliphatic heterocycles. The van der Waals surface area contributed by atoms with Crippen LogP contribution in [0, 0.1) is 0 Å². The molecule has 8 nitrogen and oxygen atoms in total. The van der Waals surface area contributed by atoms with Gasteiger partial charge in [-0.15, -0.1) is 19.6 Å². The summed E-state index contributed by atoms with van der Waals surface area (Å²) in [6.07, 6.45) is 1.94. The van der Waals surface area contributed by atoms with Gasteiger partial charge in [-0.3, -0.25) is 0 Å². The zero-order valence-corrected chi connectivity index (χ0v) is 17.5. The summed E-state index contributed by atoms with van der Waals surface area (Å²) in [4.78, 5) is 28.5. The fourth-order valence-electron chi connectivity index (χ4n) is 2.70. The van der Waals surface area contributed by atoms with E-state index in [9.17, 15) is 0 Å². The standard InChI is InChI=1S/C17H22O2.2HO3P/c1-5-17(6-2,19-4)15-9-7-13-8-10-16(18-3)12-14(13)11-15;2*1-4(2)3/h7-12H,5-6H2,1-4H3;2*(H-,1,2,3)/p+2. The van der Waals surface area contributed by atoms with E-state index in [0.717, 1.165) is 18.6 Å². The predicted octanol–water partition coefficient (Wildman–Crippen LogP) is 3.77. The van der Waals surface area contributed by atoms with Crippen molar-refractivity contribution in [2.75, 3.05) is 14.2 Å². The van der Waals surface area contributed by atoms with Gasteiger partial charge in [0.15, 0.2) is 0 Å². The zero-order chi connectivity index (χ0) is 21.0. The Labute approximate surface area is 160 Å². The molecule has 0 saturated carbocycles. The maximum absolute atomic E-state index is 8.70. The van der Waals surface area contributed by atoms with Crippen molar-refractivity contribution in [3.63, 3.8) is 0 Å². The second kappa shape index (κ2) is 12.8. The summed E-state index contributed by atoms with van der Waals surface area (Å²) < 4.78 is 28.5. The van der Waals surface area contributed by atoms with E-state index in [1.807, 2.05) is 6.07 Å². The number of fused-ring (bicyclic) bond motifs is 1. The first-order valence-electron chi connectivity index (χ1n) is 7.99. The minimum atomic E-state index is -2.87. The van der Waals surface area contributed by atoms with Crippen molar-refractivity contribution >= 4 is 27.3 Å². The molecule has 150 valence electrons. The number of benzene rings is 2. The summed E-state index contributed by atoms with van der Waals surface area (Å²) in [6, 6.07) is 12.7. The minimum absolute atomic E-state index is 0.183. The molecule has 0 spiro atoms. The molecule has 0 amide bonds. The Kier molecular flexibility index (Phi) is 12.1. The van der Waals surface area contributed by atoms with Crippen LogP contribution in [-0.2, 0) is 19.5 Å². The highest BCUT2D eigenvalue weighted by Gasteiger charge is 2.27. The molecule has 0 bridgehead atoms. The van der Waals surface area contributed by atoms with Crippen molar-refractivity contribution in [3.05, 3.63) is 42.0 Å². The normalized spacial score (nSPS) is 10.2. The van der Waals surface area contributed by atoms with Crippen LogP contribution in [0.3, 0.4) is 0 Å². The van der Waals surface area contributed by atoms with Gasteiger partial charge in [0, 0.05) is 16.2 Å². The molecule has 2 aromatic carbocycles. The molecule has 27 heavy (non-hydrogen) atoms. The van der Waals surface area contributed by atoms with Crippen LogP contribution in [0.1, 0.15) is 32.3 Å². The third-order valence-corrected chi connectivity index (χ3v) is 4.11. The van der Waals surface area contributed by atoms with E-state index in [4.69, 9.17) is 38.2 Å². The highest BCUT2D eigenvalue weighted by Crippen LogP contribution is 2.34. The van der Waals surface area contributed by atoms with E-state index >= 15 is 0 Å². The van der Waals surface area contributed by atoms with Crippen molar-refractivity contribution in [2.45, 2.75) is 32.3 Å². The second-order valence-corrected chi connectivity index (χ2v) is 6.35. The number of ether oxygens (including phenoxy) is 2. The van der Waals surface area contributed by atoms with Crippen molar-refractivity contribution in [1.29, 1.82) is 0 Å². The summed E-state index contributed by atoms with van der Waals surface area (Å²) in [7, 11) is -2.25. The van der Waals surface area contributed by atoms with Gasteiger partial charge >= 0.3 is 16.5 Å². The monoisotopic (exact) mass is 420 g/mol. The lowest BCUT2D eigenvalue weighted by Crippen LogP contribution is -2.26. The van der Waals surface area contributed by atoms with E-state index in [0.29, 0.717) is 0 Å². The Morgan fingerprint density at radius 3 is 1.74 bits per heavy atom. The van der Waals surface area contributed by atoms with E-state index in [-0.39, 0.29) is 5.60 Å². The van der Waals surface area contributed by atoms with Gasteiger partial charge in [-0.25, -0.2) is 0 Å². The van der Waals surface area contributed by atoms with E-state index in [2.05, 4.69) is 44.2 Å². The molecule has 0 aliphatic carbocycles. The Morgan fingerprint density at radius 1 is 0.852 bits per heavy atom. The smallest absolute Gasteiger partial charge is 0.497 e. The fourth-order valence-corrected chi connectivity index (χ4v) is 2.70. The van der Waals surface area contributed by atoms with Gasteiger partial charge in [-0.2, -0.15) is 0 Å². The van der Waals surface area contributed by atoms with Gasteiger partial charge in [-0.1, -0.05) is 32.0 Å². The Bertz CT molecular complexity index is 719. The molecule has 4 N–H and O–H groups in total. The fraction of sp³-hybridized carbons (Fsp3) is 0.412. The maximum Gasteiger partial charge on any atom is 0.692 e. The highest BCUT2D eigenvalue weighted by atomic mass is 31.1. The van der Waals surface area contributed by atoms with E-state index < -0.39 is 16.5 Å². The average Bonchev–Trinajstić information content (AvgIpc) is 2.62. The molecular formula is C17H26O8P2+2. The summed E-state index contributed by atoms with van der Waals surface area (Å²) in [6.45, 7) is 4.34. The lowest BCUT2D eigenvalue weighted by Gasteiger charge is -2.31. The molecule has 10 heteroatoms. The van der Waals surface area contributed by atoms with E-state index in [1.54, 1.807) is 14.2 Å². The first-order valence-corrected chi connectivity index (χ1v) is 10.3. The molecule has 0 fully saturated rings. The molecule has 0 saturated heterocycles. The predicted molar refractivity (Wildman–Crippen MR) is 104 cm³/mol. The quantitative estimate of drug-likeness (QED) is 0.537. The molecule has 0 aliphatic rings. The summed E-state index contributed by atoms with van der Waals surface area (Å²) >= 11 is 0. The zero-order valence-electron chi connectivity index (χ0n) is 15.7. The molecule has 0 radical (unpaired) electrons. The van der Waals surface area contributed by atoms with Gasteiger partial charge < -0.3 is 9.47 Å². The van der Waals surface area contributed by atoms with Crippen molar-refractivity contribution < 1.29 is 38.2 Å². The number of hydrogen-bond acceptors (Lipinski definition) is 4. The second-order valence-electron chi connectivity index (χ2n) is 5.34. The number of rotatable bonds is 5. The molecule has 0 unspecified atom stereocenters. The van der Waals surface area contributed by atoms with Gasteiger partial charge in [0.05, 0.1) is 12.7 Å². The molecular weight excluding hydrogens is 394 g/mol. The minimum Gasteiger partial charge on any atom is -0.497 e. The average molecular weight is 420 g/mol. The molecule has 2 aromatic rings. The SMILES string of the molecule is CCC(CC)(OC)c1ccc2ccc(OC)cc2c1.O=[P+](O)O.O=[P+](O)O. The highest BCUT2D eigenvalue weighted by molar-refractivity contribution is 7.31. The van der Waals surface area contributed by atoms with Crippen LogP contribution in [0.25, 0.3) is 10.8 Å². The van der Waals surface area contributed by atoms with Crippen molar-refractivity contribution in [1.82, 2.24) is 0 Å². The van der Waals surface area contributed by atoms with Crippen LogP contribution in [0.5, 0.6) is 5.75 Å². The lowest BCUT2D eigenvalue weighted by molar-refractivity contribution is -0.0216. The lowest BCUT2D eigenvalue weighted by atomic mass is 9.87. The van der Waals surface area contributed by atoms with Crippen LogP contribution in [0.4, 0.5) is 0 Å². The van der Waals surface area contributed by atoms with Crippen molar-refractivity contribution in [3.8, 4) is 5.75 Å². The summed E-state index contributed by atoms with van der Waals surface area (Å²) in [5, 5.41) is 2.42. The van der Waals surface area contributed by atoms with Crippen molar-refractivity contribution in [2.24, 2.45) is 0 Å². The Hall–Kier alpha value is -1.50. The largest absolute Gasteiger partial charge is 0.692 e. The van der Waals surface area contributed by atoms with Gasteiger partial charge in [0.2, 0.25) is 0 Å². The Balaban J connectivity index is 0.000000718. The van der Waals surface area contributed by atoms with E-state index in [1.165, 1.54) is 16.3 Å². The Morgan fingerprint density at radius 2 is 1.33 bits per heavy atom. The molecule has 0 atom stereocenters. The number of hydrogen-bond donors (Lipinski definition) is 4. The maximum atomic E-state index is 8.70. The first-order chi connectivity index (χ1) is 12.6. The molecule has 2 rings (SSSR count). The van der Waals surface area contributed by atoms with Crippen LogP contribution >= 0.6 is 16.5 Å². The van der Waals surface area contributed by atoms with Gasteiger partial charge in [0.25, 0.3) is 0 Å². The van der Waals surface area contributed by atoms with Crippen LogP contribution in [0.2, 0.25) is 0 Å². The summed E-state index contributed by atoms with van der Waals surface area (Å²) in [5.74, 6) is 0.890.